The number of aliphatic hydroxyl groups is 1. The molecule has 2 aromatic heterocycles. The zero-order valence-corrected chi connectivity index (χ0v) is 54.4. The van der Waals surface area contributed by atoms with Crippen molar-refractivity contribution in [3.05, 3.63) is 97.6 Å². The van der Waals surface area contributed by atoms with Crippen LogP contribution in [0, 0.1) is 18.2 Å². The van der Waals surface area contributed by atoms with Crippen molar-refractivity contribution in [3.8, 4) is 11.4 Å². The lowest BCUT2D eigenvalue weighted by Crippen LogP contribution is -2.52. The molecule has 0 saturated carbocycles. The molecule has 3 aliphatic rings. The largest absolute Gasteiger partial charge is 0.458 e. The van der Waals surface area contributed by atoms with E-state index in [1.54, 1.807) is 50.2 Å². The molecule has 0 radical (unpaired) electrons. The number of carbonyl (C=O) groups excluding carboxylic acids is 8. The second-order valence-corrected chi connectivity index (χ2v) is 25.3. The predicted molar refractivity (Wildman–Crippen MR) is 339 cm³/mol. The highest BCUT2D eigenvalue weighted by Crippen LogP contribution is 2.46. The monoisotopic (exact) mass is 1260 g/mol. The van der Waals surface area contributed by atoms with Gasteiger partial charge in [0.25, 0.3) is 5.56 Å². The number of esters is 1. The Balaban J connectivity index is 0.823. The molecule has 2 aromatic carbocycles. The first-order valence-electron chi connectivity index (χ1n) is 32.1. The molecule has 7 amide bonds. The minimum atomic E-state index is -2.05. The van der Waals surface area contributed by atoms with Crippen LogP contribution in [-0.4, -0.2) is 156 Å². The van der Waals surface area contributed by atoms with Crippen LogP contribution in [-0.2, 0) is 84.2 Å². The number of benzene rings is 2. The molecule has 3 atom stereocenters. The summed E-state index contributed by atoms with van der Waals surface area (Å²) >= 11 is 0. The fourth-order valence-electron chi connectivity index (χ4n) is 12.1. The molecule has 1 aliphatic carbocycles. The molecule has 4 heterocycles. The number of carbonyl (C=O) groups is 8. The van der Waals surface area contributed by atoms with Crippen molar-refractivity contribution in [1.29, 1.82) is 0 Å². The van der Waals surface area contributed by atoms with Crippen molar-refractivity contribution < 1.29 is 62.1 Å². The average molecular weight is 1270 g/mol. The normalized spacial score (nSPS) is 16.0. The number of unbranched alkanes of at least 4 members (excludes halogenated alkanes) is 3. The number of cyclic esters (lactones) is 1. The Kier molecular flexibility index (Phi) is 24.9. The molecule has 0 spiro atoms. The molecule has 0 saturated heterocycles. The second-order valence-electron chi connectivity index (χ2n) is 25.3. The lowest BCUT2D eigenvalue weighted by atomic mass is 9.81. The maximum absolute atomic E-state index is 15.4. The fourth-order valence-corrected chi connectivity index (χ4v) is 12.1. The zero-order valence-electron chi connectivity index (χ0n) is 54.4. The van der Waals surface area contributed by atoms with E-state index in [1.165, 1.54) is 10.6 Å². The number of aryl methyl sites for hydroxylation is 1. The molecule has 91 heavy (non-hydrogen) atoms. The Morgan fingerprint density at radius 1 is 0.835 bits per heavy atom. The van der Waals surface area contributed by atoms with Gasteiger partial charge in [-0.1, -0.05) is 84.2 Å². The summed E-state index contributed by atoms with van der Waals surface area (Å²) < 4.78 is 33.9. The van der Waals surface area contributed by atoms with E-state index < -0.39 is 96.6 Å². The van der Waals surface area contributed by atoms with Gasteiger partial charge in [0.05, 0.1) is 60.3 Å². The molecular formula is C67H93FN10O13. The molecule has 7 rings (SSSR count). The van der Waals surface area contributed by atoms with Crippen LogP contribution in [0.2, 0.25) is 0 Å². The Labute approximate surface area is 532 Å². The summed E-state index contributed by atoms with van der Waals surface area (Å²) in [6.45, 7) is 19.7. The van der Waals surface area contributed by atoms with Crippen LogP contribution in [0.5, 0.6) is 0 Å². The van der Waals surface area contributed by atoms with E-state index in [0.29, 0.717) is 89.9 Å². The van der Waals surface area contributed by atoms with Gasteiger partial charge in [0.15, 0.2) is 5.60 Å². The molecule has 23 nitrogen and oxygen atoms in total. The topological polar surface area (TPSA) is 298 Å². The van der Waals surface area contributed by atoms with Crippen molar-refractivity contribution in [1.82, 2.24) is 51.3 Å². The quantitative estimate of drug-likeness (QED) is 0.0161. The molecule has 0 bridgehead atoms. The van der Waals surface area contributed by atoms with E-state index in [2.05, 4.69) is 64.5 Å². The lowest BCUT2D eigenvalue weighted by Gasteiger charge is -2.34. The minimum absolute atomic E-state index is 0.0458. The van der Waals surface area contributed by atoms with Crippen molar-refractivity contribution in [2.75, 3.05) is 72.3 Å². The summed E-state index contributed by atoms with van der Waals surface area (Å²) in [5.41, 5.74) is 1.21. The summed E-state index contributed by atoms with van der Waals surface area (Å²) in [6, 6.07) is 9.95. The van der Waals surface area contributed by atoms with Crippen LogP contribution < -0.4 is 37.5 Å². The van der Waals surface area contributed by atoms with Gasteiger partial charge in [-0.25, -0.2) is 14.2 Å². The molecule has 0 unspecified atom stereocenters. The standard InChI is InChI=1S/C67H93FN10O13/c1-10-14-15-19-22-58(84)77(13-4)29-28-76(12-3)40-65(6,7)27-30-91-66(8,9)26-25-53(79)69-34-54(80)70-36-56(82)74-51(31-43-20-17-16-18-21-43)62(85)71-35-55(81)72-41-89-39-57(83)73-49-24-23-44-42(5)48(68)33-50-59(44)60(49)45-37-78-52(61(45)75-50)32-47-46(63(78)86)38-90-64(87)67(47,88)11-2/h16-18,20-21,32-33,49,51,88H,10-15,19,22-31,34-41H2,1-9H3,(H,69,79)(H,70,80)(H,71,85)(H,72,81)(H,73,83)(H,74,82)/t49-,51-,67-/m0/s1. The van der Waals surface area contributed by atoms with Gasteiger partial charge in [-0.15, -0.1) is 0 Å². The number of rotatable bonds is 35. The highest BCUT2D eigenvalue weighted by molar-refractivity contribution is 5.95. The van der Waals surface area contributed by atoms with Crippen LogP contribution in [0.4, 0.5) is 4.39 Å². The number of amides is 7. The number of likely N-dealkylation sites (N-methyl/N-ethyl adjacent to an activating group) is 2. The zero-order chi connectivity index (χ0) is 66.2. The van der Waals surface area contributed by atoms with E-state index in [1.807, 2.05) is 25.7 Å². The van der Waals surface area contributed by atoms with E-state index in [4.69, 9.17) is 19.2 Å². The SMILES string of the molecule is CCCCCCC(=O)N(CC)CCN(CC)CC(C)(C)CCOC(C)(C)CCC(=O)NCC(=O)NCC(=O)N[C@@H](Cc1ccccc1)C(=O)NCC(=O)NCOCC(=O)N[C@H]1CCc2c(C)c(F)cc3nc4c(c1c23)Cn1c-4cc2c(c1=O)COC(=O)[C@]2(O)CC. The Hall–Kier alpha value is -7.67. The predicted octanol–water partition coefficient (Wildman–Crippen LogP) is 4.93. The number of fused-ring (bicyclic) bond motifs is 5. The summed E-state index contributed by atoms with van der Waals surface area (Å²) in [5, 5.41) is 27.8. The minimum Gasteiger partial charge on any atom is -0.458 e. The smallest absolute Gasteiger partial charge is 0.343 e. The van der Waals surface area contributed by atoms with Gasteiger partial charge in [-0.3, -0.25) is 38.4 Å². The van der Waals surface area contributed by atoms with Crippen LogP contribution in [0.1, 0.15) is 165 Å². The van der Waals surface area contributed by atoms with Crippen LogP contribution in [0.25, 0.3) is 22.3 Å². The van der Waals surface area contributed by atoms with Crippen LogP contribution in [0.15, 0.2) is 47.3 Å². The molecule has 2 aliphatic heterocycles. The number of hydrogen-bond acceptors (Lipinski definition) is 15. The summed E-state index contributed by atoms with van der Waals surface area (Å²) in [7, 11) is 0. The van der Waals surface area contributed by atoms with Gasteiger partial charge in [-0.2, -0.15) is 0 Å². The number of nitrogens with one attached hydrogen (secondary N) is 6. The second kappa shape index (κ2) is 32.1. The highest BCUT2D eigenvalue weighted by Gasteiger charge is 2.46. The summed E-state index contributed by atoms with van der Waals surface area (Å²) in [5.74, 6) is -4.70. The first kappa shape index (κ1) is 70.8. The highest BCUT2D eigenvalue weighted by atomic mass is 19.1. The summed E-state index contributed by atoms with van der Waals surface area (Å²) in [6.07, 6.45) is 6.96. The van der Waals surface area contributed by atoms with Gasteiger partial charge in [0.1, 0.15) is 31.8 Å². The first-order valence-corrected chi connectivity index (χ1v) is 32.1. The van der Waals surface area contributed by atoms with Crippen LogP contribution in [0.3, 0.4) is 0 Å². The third-order valence-corrected chi connectivity index (χ3v) is 17.6. The number of halogens is 1. The van der Waals surface area contributed by atoms with Gasteiger partial charge < -0.3 is 65.6 Å². The fraction of sp³-hybridized carbons (Fsp3) is 0.582. The first-order chi connectivity index (χ1) is 43.3. The van der Waals surface area contributed by atoms with Gasteiger partial charge in [0, 0.05) is 74.6 Å². The van der Waals surface area contributed by atoms with E-state index in [9.17, 15) is 48.3 Å². The third-order valence-electron chi connectivity index (χ3n) is 17.6. The number of ether oxygens (including phenoxy) is 3. The molecule has 24 heteroatoms. The maximum Gasteiger partial charge on any atom is 0.343 e. The van der Waals surface area contributed by atoms with Crippen LogP contribution >= 0.6 is 0 Å². The van der Waals surface area contributed by atoms with Gasteiger partial charge >= 0.3 is 5.97 Å². The molecule has 496 valence electrons. The number of pyridine rings is 2. The van der Waals surface area contributed by atoms with E-state index in [0.717, 1.165) is 57.3 Å². The average Bonchev–Trinajstić information content (AvgIpc) is 1.62. The third kappa shape index (κ3) is 18.5. The number of nitrogens with zero attached hydrogens (tertiary/aromatic N) is 4. The maximum atomic E-state index is 15.4. The van der Waals surface area contributed by atoms with Crippen molar-refractivity contribution in [3.63, 3.8) is 0 Å². The molecule has 4 aromatic rings. The van der Waals surface area contributed by atoms with Gasteiger partial charge in [0.2, 0.25) is 41.4 Å². The van der Waals surface area contributed by atoms with E-state index in [-0.39, 0.29) is 67.3 Å². The molecule has 7 N–H and O–H groups in total. The van der Waals surface area contributed by atoms with E-state index >= 15 is 4.39 Å². The Morgan fingerprint density at radius 2 is 1.55 bits per heavy atom. The van der Waals surface area contributed by atoms with Crippen molar-refractivity contribution >= 4 is 58.2 Å². The molecular weight excluding hydrogens is 1170 g/mol. The molecule has 0 fully saturated rings. The summed E-state index contributed by atoms with van der Waals surface area (Å²) in [4.78, 5) is 128. The Bertz CT molecular complexity index is 3370. The Morgan fingerprint density at radius 3 is 2.26 bits per heavy atom. The van der Waals surface area contributed by atoms with Crippen molar-refractivity contribution in [2.45, 2.75) is 176 Å². The number of aromatic nitrogens is 2. The van der Waals surface area contributed by atoms with Gasteiger partial charge in [-0.05, 0) is 106 Å². The lowest BCUT2D eigenvalue weighted by molar-refractivity contribution is -0.172. The number of hydrogen-bond donors (Lipinski definition) is 7. The van der Waals surface area contributed by atoms with Crippen molar-refractivity contribution in [2.24, 2.45) is 5.41 Å².